The highest BCUT2D eigenvalue weighted by molar-refractivity contribution is 14.1. The Balaban J connectivity index is 2.75. The van der Waals surface area contributed by atoms with Crippen LogP contribution in [0.1, 0.15) is 0 Å². The normalized spacial score (nSPS) is 15.8. The van der Waals surface area contributed by atoms with E-state index >= 15 is 0 Å². The predicted octanol–water partition coefficient (Wildman–Crippen LogP) is 2.21. The highest BCUT2D eigenvalue weighted by Gasteiger charge is 2.04. The maximum Gasteiger partial charge on any atom is 0.233 e. The van der Waals surface area contributed by atoms with Crippen LogP contribution >= 0.6 is 22.6 Å². The van der Waals surface area contributed by atoms with E-state index in [0.29, 0.717) is 0 Å². The third-order valence-corrected chi connectivity index (χ3v) is 1.65. The minimum absolute atomic E-state index is 0.857. The van der Waals surface area contributed by atoms with Crippen molar-refractivity contribution in [3.8, 4) is 0 Å². The molecule has 2 heteroatoms. The van der Waals surface area contributed by atoms with E-state index in [9.17, 15) is 0 Å². The number of hydrogen-bond acceptors (Lipinski definition) is 1. The van der Waals surface area contributed by atoms with E-state index in [1.165, 1.54) is 0 Å². The predicted molar refractivity (Wildman–Crippen MR) is 45.0 cm³/mol. The van der Waals surface area contributed by atoms with Gasteiger partial charge in [0, 0.05) is 22.6 Å². The number of hydrogen-bond donors (Lipinski definition) is 0. The Morgan fingerprint density at radius 2 is 2.33 bits per heavy atom. The Morgan fingerprint density at radius 1 is 1.56 bits per heavy atom. The molecule has 0 N–H and O–H groups in total. The first-order valence-corrected chi connectivity index (χ1v) is 3.62. The molecule has 0 aromatic rings. The van der Waals surface area contributed by atoms with Crippen LogP contribution in [0.2, 0.25) is 0 Å². The number of methoxy groups -OCH3 is 1. The summed E-state index contributed by atoms with van der Waals surface area (Å²) in [7, 11) is 1.65. The van der Waals surface area contributed by atoms with Crippen LogP contribution in [0.3, 0.4) is 0 Å². The third-order valence-electron chi connectivity index (χ3n) is 0.982. The Kier molecular flexibility index (Phi) is 2.25. The van der Waals surface area contributed by atoms with E-state index in [-0.39, 0.29) is 0 Å². The Bertz CT molecular complexity index is 189. The summed E-state index contributed by atoms with van der Waals surface area (Å²) in [5.41, 5.74) is 0. The van der Waals surface area contributed by atoms with Gasteiger partial charge in [-0.25, -0.2) is 0 Å². The Labute approximate surface area is 68.2 Å². The third kappa shape index (κ3) is 1.80. The fourth-order valence-corrected chi connectivity index (χ4v) is 0.854. The number of ether oxygens (including phenoxy) is 1. The summed E-state index contributed by atoms with van der Waals surface area (Å²) < 4.78 is 6.04. The van der Waals surface area contributed by atoms with Crippen molar-refractivity contribution in [1.82, 2.24) is 0 Å². The van der Waals surface area contributed by atoms with Gasteiger partial charge in [0.05, 0.1) is 25.3 Å². The first-order chi connectivity index (χ1) is 4.33. The van der Waals surface area contributed by atoms with Gasteiger partial charge in [-0.3, -0.25) is 0 Å². The van der Waals surface area contributed by atoms with Crippen molar-refractivity contribution in [1.29, 1.82) is 0 Å². The van der Waals surface area contributed by atoms with E-state index < -0.39 is 0 Å². The molecule has 0 heterocycles. The van der Waals surface area contributed by atoms with E-state index in [0.717, 1.165) is 9.34 Å². The lowest BCUT2D eigenvalue weighted by Gasteiger charge is -1.91. The molecule has 0 unspecified atom stereocenters. The summed E-state index contributed by atoms with van der Waals surface area (Å²) >= 11 is 2.20. The average Bonchev–Trinajstić information content (AvgIpc) is 1.90. The maximum atomic E-state index is 4.93. The monoisotopic (exact) mass is 233 g/mol. The number of halogens is 1. The van der Waals surface area contributed by atoms with Crippen LogP contribution in [0.5, 0.6) is 0 Å². The first-order valence-electron chi connectivity index (χ1n) is 2.54. The molecule has 46 valence electrons. The summed E-state index contributed by atoms with van der Waals surface area (Å²) in [5, 5.41) is 0. The molecule has 9 heavy (non-hydrogen) atoms. The van der Waals surface area contributed by atoms with Crippen LogP contribution in [-0.4, -0.2) is 7.11 Å². The van der Waals surface area contributed by atoms with Crippen LogP contribution in [0, 0.1) is 6.08 Å². The summed E-state index contributed by atoms with van der Waals surface area (Å²) in [6.07, 6.45) is 8.71. The van der Waals surface area contributed by atoms with Gasteiger partial charge in [-0.2, -0.15) is 0 Å². The lowest BCUT2D eigenvalue weighted by molar-refractivity contribution is 0.306. The zero-order valence-corrected chi connectivity index (χ0v) is 7.18. The lowest BCUT2D eigenvalue weighted by atomic mass is 10.3. The van der Waals surface area contributed by atoms with Gasteiger partial charge in [-0.05, 0) is 0 Å². The fourth-order valence-electron chi connectivity index (χ4n) is 0.519. The highest BCUT2D eigenvalue weighted by atomic mass is 127. The van der Waals surface area contributed by atoms with Crippen LogP contribution in [0.4, 0.5) is 0 Å². The van der Waals surface area contributed by atoms with Gasteiger partial charge < -0.3 is 4.74 Å². The molecule has 0 aromatic heterocycles. The van der Waals surface area contributed by atoms with Crippen LogP contribution in [0.25, 0.3) is 0 Å². The second-order valence-electron chi connectivity index (χ2n) is 1.58. The van der Waals surface area contributed by atoms with E-state index in [2.05, 4.69) is 28.7 Å². The molecular formula is C7H6IO+. The molecule has 0 spiro atoms. The highest BCUT2D eigenvalue weighted by Crippen LogP contribution is 2.14. The SMILES string of the molecule is COC1=C[C+]=C(I)C=C1. The molecule has 0 amide bonds. The number of rotatable bonds is 1. The molecule has 0 atom stereocenters. The molecule has 0 radical (unpaired) electrons. The van der Waals surface area contributed by atoms with Crippen LogP contribution in [-0.2, 0) is 4.74 Å². The molecule has 0 saturated heterocycles. The summed E-state index contributed by atoms with van der Waals surface area (Å²) in [5.74, 6) is 0.857. The average molecular weight is 233 g/mol. The smallest absolute Gasteiger partial charge is 0.233 e. The van der Waals surface area contributed by atoms with Gasteiger partial charge in [-0.1, -0.05) is 0 Å². The van der Waals surface area contributed by atoms with E-state index in [1.54, 1.807) is 7.11 Å². The maximum absolute atomic E-state index is 4.93. The van der Waals surface area contributed by atoms with Crippen molar-refractivity contribution in [3.05, 3.63) is 33.6 Å². The van der Waals surface area contributed by atoms with Crippen molar-refractivity contribution in [2.24, 2.45) is 0 Å². The van der Waals surface area contributed by atoms with Gasteiger partial charge >= 0.3 is 0 Å². The van der Waals surface area contributed by atoms with Crippen molar-refractivity contribution < 1.29 is 4.74 Å². The van der Waals surface area contributed by atoms with Crippen molar-refractivity contribution >= 4 is 22.6 Å². The Morgan fingerprint density at radius 3 is 2.78 bits per heavy atom. The van der Waals surface area contributed by atoms with Crippen molar-refractivity contribution in [2.45, 2.75) is 0 Å². The molecule has 0 fully saturated rings. The Hall–Kier alpha value is -0.340. The molecule has 1 nitrogen and oxygen atoms in total. The van der Waals surface area contributed by atoms with Gasteiger partial charge in [0.15, 0.2) is 3.58 Å². The van der Waals surface area contributed by atoms with Crippen molar-refractivity contribution in [2.75, 3.05) is 7.11 Å². The molecule has 1 aliphatic rings. The lowest BCUT2D eigenvalue weighted by Crippen LogP contribution is -1.83. The quantitative estimate of drug-likeness (QED) is 0.498. The molecule has 1 aliphatic carbocycles. The first kappa shape index (κ1) is 6.78. The molecule has 0 aromatic carbocycles. The van der Waals surface area contributed by atoms with E-state index in [1.807, 2.05) is 18.2 Å². The van der Waals surface area contributed by atoms with Gasteiger partial charge in [-0.15, -0.1) is 0 Å². The molecular weight excluding hydrogens is 227 g/mol. The number of allylic oxidation sites excluding steroid dienone is 5. The molecule has 1 rings (SSSR count). The zero-order valence-electron chi connectivity index (χ0n) is 5.02. The topological polar surface area (TPSA) is 9.23 Å². The second kappa shape index (κ2) is 2.99. The molecule has 0 saturated carbocycles. The largest absolute Gasteiger partial charge is 0.437 e. The molecule has 0 aliphatic heterocycles. The molecule has 0 bridgehead atoms. The summed E-state index contributed by atoms with van der Waals surface area (Å²) in [4.78, 5) is 0. The van der Waals surface area contributed by atoms with Gasteiger partial charge in [0.25, 0.3) is 0 Å². The van der Waals surface area contributed by atoms with Gasteiger partial charge in [0.1, 0.15) is 6.08 Å². The zero-order chi connectivity index (χ0) is 6.69. The minimum Gasteiger partial charge on any atom is -0.437 e. The summed E-state index contributed by atoms with van der Waals surface area (Å²) in [6.45, 7) is 0. The van der Waals surface area contributed by atoms with Crippen LogP contribution in [0.15, 0.2) is 27.6 Å². The standard InChI is InChI=1S/C7H6IO/c1-9-7-4-2-6(8)3-5-7/h2,4-5H,1H3/q+1. The minimum atomic E-state index is 0.857. The van der Waals surface area contributed by atoms with E-state index in [4.69, 9.17) is 4.74 Å². The summed E-state index contributed by atoms with van der Waals surface area (Å²) in [6, 6.07) is 0. The van der Waals surface area contributed by atoms with Crippen molar-refractivity contribution in [3.63, 3.8) is 0 Å². The second-order valence-corrected chi connectivity index (χ2v) is 2.74. The fraction of sp³-hybridized carbons (Fsp3) is 0.143. The van der Waals surface area contributed by atoms with Gasteiger partial charge in [0.2, 0.25) is 5.76 Å². The van der Waals surface area contributed by atoms with Crippen LogP contribution < -0.4 is 0 Å².